The van der Waals surface area contributed by atoms with Crippen molar-refractivity contribution < 1.29 is 22.4 Å². The summed E-state index contributed by atoms with van der Waals surface area (Å²) in [6.07, 6.45) is 0. The maximum atomic E-state index is 13.3. The number of nitrogens with one attached hydrogen (secondary N) is 2. The van der Waals surface area contributed by atoms with Gasteiger partial charge in [-0.15, -0.1) is 0 Å². The molecular formula is C14H10ClF4N3O. The van der Waals surface area contributed by atoms with Crippen LogP contribution >= 0.6 is 11.6 Å². The Morgan fingerprint density at radius 2 is 1.57 bits per heavy atom. The Kier molecular flexibility index (Phi) is 5.38. The van der Waals surface area contributed by atoms with E-state index in [2.05, 4.69) is 15.6 Å². The first kappa shape index (κ1) is 17.0. The fourth-order valence-corrected chi connectivity index (χ4v) is 1.84. The fraction of sp³-hybridized carbons (Fsp3) is 0.143. The molecule has 1 heterocycles. The average molecular weight is 348 g/mol. The van der Waals surface area contributed by atoms with E-state index in [9.17, 15) is 22.4 Å². The Bertz CT molecular complexity index is 699. The number of carbonyl (C=O) groups is 1. The van der Waals surface area contributed by atoms with Crippen LogP contribution in [0.3, 0.4) is 0 Å². The zero-order valence-electron chi connectivity index (χ0n) is 11.5. The first-order chi connectivity index (χ1) is 10.9. The van der Waals surface area contributed by atoms with Gasteiger partial charge < -0.3 is 10.6 Å². The lowest BCUT2D eigenvalue weighted by Gasteiger charge is -2.10. The third-order valence-corrected chi connectivity index (χ3v) is 3.07. The Morgan fingerprint density at radius 1 is 1.00 bits per heavy atom. The largest absolute Gasteiger partial charge is 0.378 e. The van der Waals surface area contributed by atoms with Crippen LogP contribution in [0.1, 0.15) is 10.4 Å². The molecule has 1 aromatic carbocycles. The quantitative estimate of drug-likeness (QED) is 0.496. The molecule has 0 saturated carbocycles. The number of carbonyl (C=O) groups excluding carboxylic acids is 1. The topological polar surface area (TPSA) is 54.0 Å². The number of anilines is 1. The molecule has 0 atom stereocenters. The molecule has 0 aliphatic carbocycles. The van der Waals surface area contributed by atoms with Crippen molar-refractivity contribution in [2.75, 3.05) is 18.4 Å². The summed E-state index contributed by atoms with van der Waals surface area (Å²) in [5.41, 5.74) is -0.636. The molecule has 4 nitrogen and oxygen atoms in total. The Labute approximate surface area is 133 Å². The molecule has 0 aliphatic heterocycles. The first-order valence-electron chi connectivity index (χ1n) is 6.37. The Morgan fingerprint density at radius 3 is 2.13 bits per heavy atom. The molecule has 2 N–H and O–H groups in total. The van der Waals surface area contributed by atoms with Gasteiger partial charge in [-0.3, -0.25) is 4.79 Å². The summed E-state index contributed by atoms with van der Waals surface area (Å²) in [5, 5.41) is 5.11. The predicted molar refractivity (Wildman–Crippen MR) is 76.3 cm³/mol. The number of benzene rings is 1. The first-order valence-corrected chi connectivity index (χ1v) is 6.75. The molecule has 0 aliphatic rings. The summed E-state index contributed by atoms with van der Waals surface area (Å²) in [6.45, 7) is -0.192. The molecule has 2 aromatic rings. The fourth-order valence-electron chi connectivity index (χ4n) is 1.71. The second kappa shape index (κ2) is 7.28. The summed E-state index contributed by atoms with van der Waals surface area (Å²) < 4.78 is 52.4. The van der Waals surface area contributed by atoms with Gasteiger partial charge in [-0.2, -0.15) is 22.5 Å². The number of nitrogens with zero attached hydrogens (tertiary/aromatic N) is 1. The number of aromatic nitrogens is 1. The lowest BCUT2D eigenvalue weighted by Crippen LogP contribution is -2.29. The maximum Gasteiger partial charge on any atom is 0.253 e. The minimum absolute atomic E-state index is 0.0358. The van der Waals surface area contributed by atoms with Crippen molar-refractivity contribution in [1.82, 2.24) is 10.3 Å². The van der Waals surface area contributed by atoms with Crippen molar-refractivity contribution in [3.63, 3.8) is 0 Å². The molecule has 0 bridgehead atoms. The minimum atomic E-state index is -1.75. The van der Waals surface area contributed by atoms with Gasteiger partial charge in [-0.05, 0) is 24.3 Å². The van der Waals surface area contributed by atoms with Crippen molar-refractivity contribution in [1.29, 1.82) is 0 Å². The van der Waals surface area contributed by atoms with Gasteiger partial charge >= 0.3 is 0 Å². The normalized spacial score (nSPS) is 10.5. The SMILES string of the molecule is O=C(NCCNc1c(F)c(F)nc(F)c1F)c1ccc(Cl)cc1. The molecule has 0 fully saturated rings. The molecule has 1 amide bonds. The molecule has 0 saturated heterocycles. The number of hydrogen-bond donors (Lipinski definition) is 2. The van der Waals surface area contributed by atoms with Gasteiger partial charge in [0.2, 0.25) is 11.6 Å². The van der Waals surface area contributed by atoms with Crippen molar-refractivity contribution in [3.05, 3.63) is 58.4 Å². The lowest BCUT2D eigenvalue weighted by atomic mass is 10.2. The number of hydrogen-bond acceptors (Lipinski definition) is 3. The molecule has 9 heteroatoms. The van der Waals surface area contributed by atoms with Crippen LogP contribution in [0.4, 0.5) is 23.2 Å². The van der Waals surface area contributed by atoms with Crippen LogP contribution in [0.25, 0.3) is 0 Å². The highest BCUT2D eigenvalue weighted by Crippen LogP contribution is 2.21. The van der Waals surface area contributed by atoms with Gasteiger partial charge in [0.1, 0.15) is 5.69 Å². The molecule has 1 aromatic heterocycles. The van der Waals surface area contributed by atoms with Gasteiger partial charge in [-0.1, -0.05) is 11.6 Å². The number of rotatable bonds is 5. The second-order valence-corrected chi connectivity index (χ2v) is 4.82. The molecule has 122 valence electrons. The van der Waals surface area contributed by atoms with Gasteiger partial charge in [0.15, 0.2) is 0 Å². The zero-order valence-corrected chi connectivity index (χ0v) is 12.2. The van der Waals surface area contributed by atoms with Crippen LogP contribution in [-0.4, -0.2) is 24.0 Å². The summed E-state index contributed by atoms with van der Waals surface area (Å²) in [5.74, 6) is -7.20. The predicted octanol–water partition coefficient (Wildman–Crippen LogP) is 3.13. The van der Waals surface area contributed by atoms with E-state index >= 15 is 0 Å². The second-order valence-electron chi connectivity index (χ2n) is 4.39. The van der Waals surface area contributed by atoms with Crippen molar-refractivity contribution in [2.24, 2.45) is 0 Å². The van der Waals surface area contributed by atoms with Crippen LogP contribution in [0, 0.1) is 23.5 Å². The monoisotopic (exact) mass is 347 g/mol. The maximum absolute atomic E-state index is 13.3. The van der Waals surface area contributed by atoms with Crippen LogP contribution in [0.5, 0.6) is 0 Å². The van der Waals surface area contributed by atoms with Crippen LogP contribution in [0.2, 0.25) is 5.02 Å². The van der Waals surface area contributed by atoms with Crippen LogP contribution in [0.15, 0.2) is 24.3 Å². The van der Waals surface area contributed by atoms with E-state index < -0.39 is 35.1 Å². The average Bonchev–Trinajstić information content (AvgIpc) is 2.52. The van der Waals surface area contributed by atoms with E-state index in [4.69, 9.17) is 11.6 Å². The Hall–Kier alpha value is -2.35. The van der Waals surface area contributed by atoms with Gasteiger partial charge in [0, 0.05) is 23.7 Å². The highest BCUT2D eigenvalue weighted by Gasteiger charge is 2.20. The van der Waals surface area contributed by atoms with Crippen LogP contribution < -0.4 is 10.6 Å². The third-order valence-electron chi connectivity index (χ3n) is 2.82. The van der Waals surface area contributed by atoms with E-state index in [0.29, 0.717) is 10.6 Å². The molecule has 0 radical (unpaired) electrons. The Balaban J connectivity index is 1.91. The van der Waals surface area contributed by atoms with Crippen molar-refractivity contribution in [3.8, 4) is 0 Å². The number of amides is 1. The lowest BCUT2D eigenvalue weighted by molar-refractivity contribution is 0.0955. The highest BCUT2D eigenvalue weighted by atomic mass is 35.5. The number of halogens is 5. The van der Waals surface area contributed by atoms with E-state index in [0.717, 1.165) is 0 Å². The molecule has 2 rings (SSSR count). The molecular weight excluding hydrogens is 338 g/mol. The van der Waals surface area contributed by atoms with E-state index in [1.807, 2.05) is 0 Å². The summed E-state index contributed by atoms with van der Waals surface area (Å²) in [4.78, 5) is 14.2. The van der Waals surface area contributed by atoms with Gasteiger partial charge in [-0.25, -0.2) is 0 Å². The molecule has 0 unspecified atom stereocenters. The third kappa shape index (κ3) is 4.10. The van der Waals surface area contributed by atoms with Crippen molar-refractivity contribution >= 4 is 23.2 Å². The minimum Gasteiger partial charge on any atom is -0.378 e. The van der Waals surface area contributed by atoms with E-state index in [-0.39, 0.29) is 13.1 Å². The zero-order chi connectivity index (χ0) is 17.0. The van der Waals surface area contributed by atoms with E-state index in [1.165, 1.54) is 24.3 Å². The highest BCUT2D eigenvalue weighted by molar-refractivity contribution is 6.30. The van der Waals surface area contributed by atoms with Crippen molar-refractivity contribution in [2.45, 2.75) is 0 Å². The van der Waals surface area contributed by atoms with Crippen LogP contribution in [-0.2, 0) is 0 Å². The molecule has 0 spiro atoms. The standard InChI is InChI=1S/C14H10ClF4N3O/c15-8-3-1-7(2-4-8)14(23)21-6-5-20-11-9(16)12(18)22-13(19)10(11)17/h1-4H,5-6H2,(H,20,22)(H,21,23). The smallest absolute Gasteiger partial charge is 0.253 e. The number of pyridine rings is 1. The summed E-state index contributed by atoms with van der Waals surface area (Å²) in [7, 11) is 0. The summed E-state index contributed by atoms with van der Waals surface area (Å²) >= 11 is 5.69. The summed E-state index contributed by atoms with van der Waals surface area (Å²) in [6, 6.07) is 6.06. The van der Waals surface area contributed by atoms with Gasteiger partial charge in [0.05, 0.1) is 0 Å². The van der Waals surface area contributed by atoms with E-state index in [1.54, 1.807) is 0 Å². The van der Waals surface area contributed by atoms with Gasteiger partial charge in [0.25, 0.3) is 17.8 Å². The molecule has 23 heavy (non-hydrogen) atoms.